The lowest BCUT2D eigenvalue weighted by atomic mass is 9.77. The summed E-state index contributed by atoms with van der Waals surface area (Å²) in [6.07, 6.45) is 3.43. The number of aliphatic hydroxyl groups is 1. The first kappa shape index (κ1) is 11.4. The molecule has 0 radical (unpaired) electrons. The third-order valence-electron chi connectivity index (χ3n) is 3.45. The SMILES string of the molecule is OCCCCc1nc(C2Cc3ccccc32)no1. The fourth-order valence-electron chi connectivity index (χ4n) is 2.39. The van der Waals surface area contributed by atoms with Gasteiger partial charge in [-0.3, -0.25) is 0 Å². The van der Waals surface area contributed by atoms with Crippen LogP contribution in [0.1, 0.15) is 41.6 Å². The van der Waals surface area contributed by atoms with Crippen molar-refractivity contribution in [3.63, 3.8) is 0 Å². The molecular weight excluding hydrogens is 228 g/mol. The van der Waals surface area contributed by atoms with Crippen molar-refractivity contribution in [2.75, 3.05) is 6.61 Å². The van der Waals surface area contributed by atoms with E-state index < -0.39 is 0 Å². The van der Waals surface area contributed by atoms with E-state index >= 15 is 0 Å². The Hall–Kier alpha value is -1.68. The molecule has 0 saturated carbocycles. The monoisotopic (exact) mass is 244 g/mol. The molecule has 0 bridgehead atoms. The average Bonchev–Trinajstić information content (AvgIpc) is 2.80. The van der Waals surface area contributed by atoms with Gasteiger partial charge in [0.15, 0.2) is 5.82 Å². The van der Waals surface area contributed by atoms with E-state index in [4.69, 9.17) is 9.63 Å². The summed E-state index contributed by atoms with van der Waals surface area (Å²) in [6, 6.07) is 8.39. The third kappa shape index (κ3) is 2.04. The van der Waals surface area contributed by atoms with Crippen molar-refractivity contribution in [2.45, 2.75) is 31.6 Å². The van der Waals surface area contributed by atoms with Crippen LogP contribution in [0, 0.1) is 0 Å². The van der Waals surface area contributed by atoms with Crippen molar-refractivity contribution in [3.05, 3.63) is 47.1 Å². The minimum Gasteiger partial charge on any atom is -0.396 e. The van der Waals surface area contributed by atoms with Gasteiger partial charge in [-0.2, -0.15) is 4.98 Å². The van der Waals surface area contributed by atoms with Crippen LogP contribution in [0.4, 0.5) is 0 Å². The Morgan fingerprint density at radius 1 is 1.28 bits per heavy atom. The second kappa shape index (κ2) is 4.90. The summed E-state index contributed by atoms with van der Waals surface area (Å²) in [5.41, 5.74) is 2.70. The number of rotatable bonds is 5. The molecule has 0 spiro atoms. The Kier molecular flexibility index (Phi) is 3.11. The average molecular weight is 244 g/mol. The van der Waals surface area contributed by atoms with Gasteiger partial charge in [-0.15, -0.1) is 0 Å². The van der Waals surface area contributed by atoms with Crippen molar-refractivity contribution >= 4 is 0 Å². The maximum Gasteiger partial charge on any atom is 0.226 e. The van der Waals surface area contributed by atoms with Crippen molar-refractivity contribution < 1.29 is 9.63 Å². The van der Waals surface area contributed by atoms with Gasteiger partial charge in [0.25, 0.3) is 0 Å². The Balaban J connectivity index is 1.68. The van der Waals surface area contributed by atoms with Crippen LogP contribution in [0.5, 0.6) is 0 Å². The standard InChI is InChI=1S/C14H16N2O2/c17-8-4-3-7-13-15-14(16-18-13)12-9-10-5-1-2-6-11(10)12/h1-2,5-6,12,17H,3-4,7-9H2. The number of hydrogen-bond acceptors (Lipinski definition) is 4. The molecule has 0 saturated heterocycles. The lowest BCUT2D eigenvalue weighted by Crippen LogP contribution is -2.19. The molecule has 1 N–H and O–H groups in total. The van der Waals surface area contributed by atoms with Crippen LogP contribution in [-0.4, -0.2) is 21.9 Å². The van der Waals surface area contributed by atoms with E-state index in [0.29, 0.717) is 11.8 Å². The number of nitrogens with zero attached hydrogens (tertiary/aromatic N) is 2. The van der Waals surface area contributed by atoms with Crippen LogP contribution in [0.3, 0.4) is 0 Å². The molecule has 3 rings (SSSR count). The minimum absolute atomic E-state index is 0.219. The number of aromatic nitrogens is 2. The summed E-state index contributed by atoms with van der Waals surface area (Å²) < 4.78 is 5.24. The zero-order chi connectivity index (χ0) is 12.4. The molecule has 18 heavy (non-hydrogen) atoms. The molecule has 1 aromatic heterocycles. The number of hydrogen-bond donors (Lipinski definition) is 1. The van der Waals surface area contributed by atoms with Crippen LogP contribution in [0.25, 0.3) is 0 Å². The van der Waals surface area contributed by atoms with Crippen LogP contribution < -0.4 is 0 Å². The first-order chi connectivity index (χ1) is 8.88. The zero-order valence-corrected chi connectivity index (χ0v) is 10.2. The summed E-state index contributed by atoms with van der Waals surface area (Å²) in [6.45, 7) is 0.219. The quantitative estimate of drug-likeness (QED) is 0.818. The number of fused-ring (bicyclic) bond motifs is 1. The fraction of sp³-hybridized carbons (Fsp3) is 0.429. The second-order valence-electron chi connectivity index (χ2n) is 4.68. The van der Waals surface area contributed by atoms with E-state index in [0.717, 1.165) is 31.5 Å². The Labute approximate surface area is 106 Å². The highest BCUT2D eigenvalue weighted by Crippen LogP contribution is 2.38. The van der Waals surface area contributed by atoms with Gasteiger partial charge in [0, 0.05) is 13.0 Å². The largest absolute Gasteiger partial charge is 0.396 e. The predicted molar refractivity (Wildman–Crippen MR) is 66.3 cm³/mol. The minimum atomic E-state index is 0.219. The lowest BCUT2D eigenvalue weighted by Gasteiger charge is -2.27. The highest BCUT2D eigenvalue weighted by Gasteiger charge is 2.30. The molecule has 0 fully saturated rings. The summed E-state index contributed by atoms with van der Waals surface area (Å²) in [5.74, 6) is 1.78. The molecule has 4 nitrogen and oxygen atoms in total. The van der Waals surface area contributed by atoms with E-state index in [1.807, 2.05) is 6.07 Å². The highest BCUT2D eigenvalue weighted by molar-refractivity contribution is 5.43. The van der Waals surface area contributed by atoms with Crippen LogP contribution in [-0.2, 0) is 12.8 Å². The molecule has 1 aliphatic rings. The van der Waals surface area contributed by atoms with Crippen molar-refractivity contribution in [2.24, 2.45) is 0 Å². The molecule has 4 heteroatoms. The predicted octanol–water partition coefficient (Wildman–Crippen LogP) is 2.07. The Morgan fingerprint density at radius 2 is 2.17 bits per heavy atom. The van der Waals surface area contributed by atoms with Crippen molar-refractivity contribution in [1.29, 1.82) is 0 Å². The molecule has 1 heterocycles. The summed E-state index contributed by atoms with van der Waals surface area (Å²) in [5, 5.41) is 12.8. The first-order valence-electron chi connectivity index (χ1n) is 6.39. The molecule has 1 aromatic carbocycles. The molecule has 1 aliphatic carbocycles. The zero-order valence-electron chi connectivity index (χ0n) is 10.2. The number of aliphatic hydroxyl groups excluding tert-OH is 1. The Bertz CT molecular complexity index is 536. The fourth-order valence-corrected chi connectivity index (χ4v) is 2.39. The summed E-state index contributed by atoms with van der Waals surface area (Å²) in [4.78, 5) is 4.44. The Morgan fingerprint density at radius 3 is 3.00 bits per heavy atom. The van der Waals surface area contributed by atoms with Gasteiger partial charge in [-0.25, -0.2) is 0 Å². The van der Waals surface area contributed by atoms with Gasteiger partial charge in [0.1, 0.15) is 0 Å². The van der Waals surface area contributed by atoms with Gasteiger partial charge in [-0.1, -0.05) is 29.4 Å². The second-order valence-corrected chi connectivity index (χ2v) is 4.68. The molecule has 94 valence electrons. The van der Waals surface area contributed by atoms with Gasteiger partial charge < -0.3 is 9.63 Å². The topological polar surface area (TPSA) is 59.2 Å². The molecule has 1 atom stereocenters. The molecule has 1 unspecified atom stereocenters. The molecule has 0 amide bonds. The molecule has 2 aromatic rings. The van der Waals surface area contributed by atoms with E-state index in [-0.39, 0.29) is 6.61 Å². The number of aryl methyl sites for hydroxylation is 1. The van der Waals surface area contributed by atoms with Gasteiger partial charge in [-0.05, 0) is 30.4 Å². The van der Waals surface area contributed by atoms with E-state index in [9.17, 15) is 0 Å². The van der Waals surface area contributed by atoms with E-state index in [1.165, 1.54) is 11.1 Å². The smallest absolute Gasteiger partial charge is 0.226 e. The summed E-state index contributed by atoms with van der Waals surface area (Å²) >= 11 is 0. The van der Waals surface area contributed by atoms with Gasteiger partial charge >= 0.3 is 0 Å². The third-order valence-corrected chi connectivity index (χ3v) is 3.45. The molecule has 0 aliphatic heterocycles. The van der Waals surface area contributed by atoms with Crippen LogP contribution in [0.2, 0.25) is 0 Å². The summed E-state index contributed by atoms with van der Waals surface area (Å²) in [7, 11) is 0. The van der Waals surface area contributed by atoms with Crippen LogP contribution >= 0.6 is 0 Å². The van der Waals surface area contributed by atoms with Crippen molar-refractivity contribution in [1.82, 2.24) is 10.1 Å². The maximum absolute atomic E-state index is 8.73. The number of unbranched alkanes of at least 4 members (excludes halogenated alkanes) is 1. The van der Waals surface area contributed by atoms with Gasteiger partial charge in [0.2, 0.25) is 5.89 Å². The maximum atomic E-state index is 8.73. The van der Waals surface area contributed by atoms with E-state index in [1.54, 1.807) is 0 Å². The number of benzene rings is 1. The molecular formula is C14H16N2O2. The first-order valence-corrected chi connectivity index (χ1v) is 6.39. The van der Waals surface area contributed by atoms with Crippen molar-refractivity contribution in [3.8, 4) is 0 Å². The van der Waals surface area contributed by atoms with Gasteiger partial charge in [0.05, 0.1) is 5.92 Å². The lowest BCUT2D eigenvalue weighted by molar-refractivity contribution is 0.280. The van der Waals surface area contributed by atoms with Crippen LogP contribution in [0.15, 0.2) is 28.8 Å². The van der Waals surface area contributed by atoms with E-state index in [2.05, 4.69) is 28.3 Å². The normalized spacial score (nSPS) is 17.3. The highest BCUT2D eigenvalue weighted by atomic mass is 16.5.